The van der Waals surface area contributed by atoms with Crippen LogP contribution in [-0.2, 0) is 0 Å². The van der Waals surface area contributed by atoms with Gasteiger partial charge in [0.05, 0.1) is 0 Å². The monoisotopic (exact) mass is 254 g/mol. The SMILES string of the molecule is C=CCP(CC=C)C(C)P(CC=C)CC=C. The van der Waals surface area contributed by atoms with E-state index in [1.165, 1.54) is 0 Å². The van der Waals surface area contributed by atoms with Crippen molar-refractivity contribution in [3.8, 4) is 0 Å². The molecule has 90 valence electrons. The molecule has 0 aliphatic heterocycles. The van der Waals surface area contributed by atoms with E-state index in [4.69, 9.17) is 0 Å². The first kappa shape index (κ1) is 15.8. The molecule has 0 amide bonds. The third-order valence-electron chi connectivity index (χ3n) is 2.51. The van der Waals surface area contributed by atoms with Gasteiger partial charge in [-0.15, -0.1) is 26.3 Å². The van der Waals surface area contributed by atoms with Crippen LogP contribution in [0.15, 0.2) is 50.6 Å². The van der Waals surface area contributed by atoms with E-state index in [1.807, 2.05) is 0 Å². The van der Waals surface area contributed by atoms with Gasteiger partial charge in [0.2, 0.25) is 0 Å². The van der Waals surface area contributed by atoms with E-state index in [0.717, 1.165) is 30.0 Å². The zero-order chi connectivity index (χ0) is 12.4. The summed E-state index contributed by atoms with van der Waals surface area (Å²) >= 11 is 0. The largest absolute Gasteiger partial charge is 0.103 e. The van der Waals surface area contributed by atoms with Crippen LogP contribution in [0.5, 0.6) is 0 Å². The summed E-state index contributed by atoms with van der Waals surface area (Å²) in [5, 5.41) is 0.789. The van der Waals surface area contributed by atoms with Crippen LogP contribution >= 0.6 is 15.8 Å². The molecule has 0 atom stereocenters. The van der Waals surface area contributed by atoms with Gasteiger partial charge in [0.25, 0.3) is 0 Å². The zero-order valence-electron chi connectivity index (χ0n) is 10.4. The Morgan fingerprint density at radius 1 is 0.750 bits per heavy atom. The molecule has 16 heavy (non-hydrogen) atoms. The van der Waals surface area contributed by atoms with E-state index in [-0.39, 0.29) is 15.8 Å². The second kappa shape index (κ2) is 10.0. The lowest BCUT2D eigenvalue weighted by Gasteiger charge is -2.30. The van der Waals surface area contributed by atoms with Gasteiger partial charge in [-0.3, -0.25) is 0 Å². The van der Waals surface area contributed by atoms with E-state index in [1.54, 1.807) is 0 Å². The molecule has 0 aliphatic carbocycles. The first-order valence-corrected chi connectivity index (χ1v) is 9.19. The fourth-order valence-corrected chi connectivity index (χ4v) is 7.48. The van der Waals surface area contributed by atoms with Crippen LogP contribution in [0.3, 0.4) is 0 Å². The number of hydrogen-bond donors (Lipinski definition) is 0. The Morgan fingerprint density at radius 3 is 1.19 bits per heavy atom. The van der Waals surface area contributed by atoms with Crippen molar-refractivity contribution in [3.63, 3.8) is 0 Å². The molecular weight excluding hydrogens is 230 g/mol. The van der Waals surface area contributed by atoms with Gasteiger partial charge in [-0.25, -0.2) is 0 Å². The predicted octanol–water partition coefficient (Wildman–Crippen LogP) is 5.04. The molecule has 0 nitrogen and oxygen atoms in total. The van der Waals surface area contributed by atoms with Crippen molar-refractivity contribution in [2.45, 2.75) is 12.3 Å². The minimum absolute atomic E-state index is 0.0126. The van der Waals surface area contributed by atoms with Crippen LogP contribution < -0.4 is 0 Å². The van der Waals surface area contributed by atoms with Gasteiger partial charge < -0.3 is 0 Å². The molecule has 0 unspecified atom stereocenters. The average molecular weight is 254 g/mol. The van der Waals surface area contributed by atoms with Crippen molar-refractivity contribution in [1.29, 1.82) is 0 Å². The summed E-state index contributed by atoms with van der Waals surface area (Å²) in [7, 11) is 0.0252. The van der Waals surface area contributed by atoms with Crippen molar-refractivity contribution in [2.24, 2.45) is 0 Å². The highest BCUT2D eigenvalue weighted by Crippen LogP contribution is 2.58. The van der Waals surface area contributed by atoms with E-state index >= 15 is 0 Å². The molecule has 0 radical (unpaired) electrons. The van der Waals surface area contributed by atoms with Crippen molar-refractivity contribution in [3.05, 3.63) is 50.6 Å². The maximum Gasteiger partial charge on any atom is -0.00231 e. The van der Waals surface area contributed by atoms with Gasteiger partial charge in [-0.05, 0) is 30.0 Å². The maximum absolute atomic E-state index is 3.87. The lowest BCUT2D eigenvalue weighted by Crippen LogP contribution is -2.05. The van der Waals surface area contributed by atoms with Crippen molar-refractivity contribution in [2.75, 3.05) is 24.6 Å². The first-order chi connectivity index (χ1) is 7.71. The van der Waals surface area contributed by atoms with Gasteiger partial charge in [0.1, 0.15) is 0 Å². The Balaban J connectivity index is 4.54. The van der Waals surface area contributed by atoms with E-state index in [9.17, 15) is 0 Å². The summed E-state index contributed by atoms with van der Waals surface area (Å²) in [5.41, 5.74) is 0. The molecule has 0 N–H and O–H groups in total. The minimum Gasteiger partial charge on any atom is -0.103 e. The summed E-state index contributed by atoms with van der Waals surface area (Å²) in [6, 6.07) is 0. The van der Waals surface area contributed by atoms with Gasteiger partial charge in [0, 0.05) is 0 Å². The van der Waals surface area contributed by atoms with Gasteiger partial charge in [0.15, 0.2) is 0 Å². The Morgan fingerprint density at radius 2 is 1.00 bits per heavy atom. The lowest BCUT2D eigenvalue weighted by molar-refractivity contribution is 1.31. The van der Waals surface area contributed by atoms with Crippen LogP contribution in [0, 0.1) is 0 Å². The molecular formula is C14H24P2. The van der Waals surface area contributed by atoms with Gasteiger partial charge >= 0.3 is 0 Å². The molecule has 0 fully saturated rings. The van der Waals surface area contributed by atoms with Crippen molar-refractivity contribution < 1.29 is 0 Å². The first-order valence-electron chi connectivity index (χ1n) is 5.62. The van der Waals surface area contributed by atoms with Crippen molar-refractivity contribution >= 4 is 15.8 Å². The molecule has 0 spiro atoms. The molecule has 0 aliphatic rings. The van der Waals surface area contributed by atoms with Gasteiger partial charge in [-0.2, -0.15) is 0 Å². The lowest BCUT2D eigenvalue weighted by atomic mass is 10.7. The number of rotatable bonds is 10. The van der Waals surface area contributed by atoms with Crippen LogP contribution in [0.25, 0.3) is 0 Å². The smallest absolute Gasteiger partial charge is 0.00231 e. The zero-order valence-corrected chi connectivity index (χ0v) is 12.2. The quantitative estimate of drug-likeness (QED) is 0.378. The topological polar surface area (TPSA) is 0 Å². The molecule has 0 aromatic carbocycles. The minimum atomic E-state index is 0.0126. The van der Waals surface area contributed by atoms with E-state index < -0.39 is 0 Å². The van der Waals surface area contributed by atoms with E-state index in [0.29, 0.717) is 0 Å². The Hall–Kier alpha value is -0.180. The van der Waals surface area contributed by atoms with Crippen LogP contribution in [0.4, 0.5) is 0 Å². The third-order valence-corrected chi connectivity index (χ3v) is 9.49. The molecule has 0 aromatic heterocycles. The maximum atomic E-state index is 3.87. The molecule has 0 rings (SSSR count). The third kappa shape index (κ3) is 5.78. The fourth-order valence-electron chi connectivity index (χ4n) is 1.65. The number of hydrogen-bond acceptors (Lipinski definition) is 0. The van der Waals surface area contributed by atoms with Gasteiger partial charge in [-0.1, -0.05) is 47.1 Å². The second-order valence-corrected chi connectivity index (χ2v) is 9.47. The standard InChI is InChI=1S/C14H24P2/c1-6-10-15(11-7-2)14(5)16(12-8-3)13-9-4/h6-9,14H,1-4,10-13H2,5H3. The fraction of sp³-hybridized carbons (Fsp3) is 0.429. The Labute approximate surface area is 104 Å². The Bertz CT molecular complexity index is 189. The highest BCUT2D eigenvalue weighted by Gasteiger charge is 2.21. The van der Waals surface area contributed by atoms with Crippen LogP contribution in [0.1, 0.15) is 6.92 Å². The molecule has 0 bridgehead atoms. The molecule has 0 aromatic rings. The Kier molecular flexibility index (Phi) is 9.89. The average Bonchev–Trinajstić information content (AvgIpc) is 2.27. The summed E-state index contributed by atoms with van der Waals surface area (Å²) in [6.45, 7) is 17.8. The summed E-state index contributed by atoms with van der Waals surface area (Å²) in [6.07, 6.45) is 12.8. The summed E-state index contributed by atoms with van der Waals surface area (Å²) in [4.78, 5) is 0. The normalized spacial score (nSPS) is 10.8. The van der Waals surface area contributed by atoms with Crippen molar-refractivity contribution in [1.82, 2.24) is 0 Å². The van der Waals surface area contributed by atoms with Crippen LogP contribution in [0.2, 0.25) is 0 Å². The summed E-state index contributed by atoms with van der Waals surface area (Å²) < 4.78 is 0. The second-order valence-electron chi connectivity index (χ2n) is 3.69. The number of allylic oxidation sites excluding steroid dienone is 4. The molecule has 0 heterocycles. The highest BCUT2D eigenvalue weighted by atomic mass is 31.2. The van der Waals surface area contributed by atoms with Crippen LogP contribution in [-0.4, -0.2) is 30.0 Å². The molecule has 0 saturated heterocycles. The molecule has 2 heteroatoms. The highest BCUT2D eigenvalue weighted by molar-refractivity contribution is 7.76. The van der Waals surface area contributed by atoms with E-state index in [2.05, 4.69) is 57.5 Å². The predicted molar refractivity (Wildman–Crippen MR) is 83.6 cm³/mol. The summed E-state index contributed by atoms with van der Waals surface area (Å²) in [5.74, 6) is 0. The molecule has 0 saturated carbocycles.